The van der Waals surface area contributed by atoms with E-state index in [2.05, 4.69) is 35.4 Å². The molecule has 0 aliphatic heterocycles. The first-order valence-corrected chi connectivity index (χ1v) is 5.94. The maximum absolute atomic E-state index is 5.96. The van der Waals surface area contributed by atoms with Crippen molar-refractivity contribution in [1.29, 1.82) is 0 Å². The Bertz CT molecular complexity index is 590. The molecular formula is C14H18N4. The third kappa shape index (κ3) is 1.90. The highest BCUT2D eigenvalue weighted by molar-refractivity contribution is 6.01. The maximum Gasteiger partial charge on any atom is 0.152 e. The van der Waals surface area contributed by atoms with E-state index in [-0.39, 0.29) is 0 Å². The van der Waals surface area contributed by atoms with Crippen LogP contribution in [0.15, 0.2) is 29.3 Å². The number of aromatic nitrogens is 1. The number of rotatable bonds is 3. The van der Waals surface area contributed by atoms with Crippen molar-refractivity contribution in [3.63, 3.8) is 0 Å². The van der Waals surface area contributed by atoms with Crippen LogP contribution < -0.4 is 10.6 Å². The van der Waals surface area contributed by atoms with E-state index in [4.69, 9.17) is 5.73 Å². The molecule has 0 saturated carbocycles. The van der Waals surface area contributed by atoms with E-state index in [9.17, 15) is 0 Å². The molecule has 0 aliphatic carbocycles. The van der Waals surface area contributed by atoms with Crippen LogP contribution in [0.25, 0.3) is 10.9 Å². The summed E-state index contributed by atoms with van der Waals surface area (Å²) in [7, 11) is 2.03. The molecular weight excluding hydrogens is 224 g/mol. The average Bonchev–Trinajstić information content (AvgIpc) is 2.36. The number of nitrogen functional groups attached to an aromatic ring is 1. The Morgan fingerprint density at radius 3 is 2.61 bits per heavy atom. The van der Waals surface area contributed by atoms with Crippen molar-refractivity contribution in [2.24, 2.45) is 4.99 Å². The second kappa shape index (κ2) is 4.64. The molecule has 2 rings (SSSR count). The summed E-state index contributed by atoms with van der Waals surface area (Å²) >= 11 is 0. The smallest absolute Gasteiger partial charge is 0.152 e. The first-order valence-electron chi connectivity index (χ1n) is 5.94. The number of hydrogen-bond donors (Lipinski definition) is 1. The second-order valence-electron chi connectivity index (χ2n) is 4.57. The van der Waals surface area contributed by atoms with Gasteiger partial charge in [-0.25, -0.2) is 4.98 Å². The zero-order valence-corrected chi connectivity index (χ0v) is 11.0. The van der Waals surface area contributed by atoms with E-state index < -0.39 is 0 Å². The van der Waals surface area contributed by atoms with Gasteiger partial charge in [0.05, 0.1) is 11.2 Å². The summed E-state index contributed by atoms with van der Waals surface area (Å²) in [6.45, 7) is 7.85. The Labute approximate surface area is 107 Å². The lowest BCUT2D eigenvalue weighted by atomic mass is 10.1. The number of pyridine rings is 1. The van der Waals surface area contributed by atoms with E-state index in [0.29, 0.717) is 17.5 Å². The molecule has 1 heterocycles. The molecule has 18 heavy (non-hydrogen) atoms. The third-order valence-corrected chi connectivity index (χ3v) is 3.15. The SMILES string of the molecule is C=Nc1c(N)nc2ccccc2c1N(C)C(C)C. The number of nitrogens with zero attached hydrogens (tertiary/aromatic N) is 3. The monoisotopic (exact) mass is 242 g/mol. The number of benzene rings is 1. The number of aliphatic imine (C=N–C) groups is 1. The van der Waals surface area contributed by atoms with Crippen molar-refractivity contribution in [3.8, 4) is 0 Å². The minimum Gasteiger partial charge on any atom is -0.382 e. The van der Waals surface area contributed by atoms with Gasteiger partial charge in [0.2, 0.25) is 0 Å². The van der Waals surface area contributed by atoms with E-state index >= 15 is 0 Å². The molecule has 0 unspecified atom stereocenters. The summed E-state index contributed by atoms with van der Waals surface area (Å²) < 4.78 is 0. The van der Waals surface area contributed by atoms with Gasteiger partial charge in [0.25, 0.3) is 0 Å². The van der Waals surface area contributed by atoms with E-state index in [1.54, 1.807) is 0 Å². The summed E-state index contributed by atoms with van der Waals surface area (Å²) in [6, 6.07) is 8.27. The molecule has 2 N–H and O–H groups in total. The first kappa shape index (κ1) is 12.4. The highest BCUT2D eigenvalue weighted by Crippen LogP contribution is 2.39. The Kier molecular flexibility index (Phi) is 3.19. The van der Waals surface area contributed by atoms with Crippen molar-refractivity contribution in [2.75, 3.05) is 17.7 Å². The molecule has 2 aromatic rings. The largest absolute Gasteiger partial charge is 0.382 e. The molecule has 4 nitrogen and oxygen atoms in total. The molecule has 1 aromatic carbocycles. The number of fused-ring (bicyclic) bond motifs is 1. The predicted molar refractivity (Wildman–Crippen MR) is 78.9 cm³/mol. The molecule has 0 amide bonds. The van der Waals surface area contributed by atoms with Gasteiger partial charge in [-0.3, -0.25) is 4.99 Å². The van der Waals surface area contributed by atoms with Gasteiger partial charge in [-0.2, -0.15) is 0 Å². The molecule has 0 aliphatic rings. The third-order valence-electron chi connectivity index (χ3n) is 3.15. The van der Waals surface area contributed by atoms with Gasteiger partial charge < -0.3 is 10.6 Å². The molecule has 0 fully saturated rings. The van der Waals surface area contributed by atoms with Crippen LogP contribution in [0.3, 0.4) is 0 Å². The Balaban J connectivity index is 2.84. The van der Waals surface area contributed by atoms with Crippen LogP contribution in [0.1, 0.15) is 13.8 Å². The lowest BCUT2D eigenvalue weighted by Crippen LogP contribution is -2.26. The number of anilines is 2. The van der Waals surface area contributed by atoms with Crippen molar-refractivity contribution in [3.05, 3.63) is 24.3 Å². The van der Waals surface area contributed by atoms with Crippen LogP contribution in [0, 0.1) is 0 Å². The number of para-hydroxylation sites is 1. The maximum atomic E-state index is 5.96. The fourth-order valence-corrected chi connectivity index (χ4v) is 1.97. The van der Waals surface area contributed by atoms with Crippen molar-refractivity contribution in [2.45, 2.75) is 19.9 Å². The van der Waals surface area contributed by atoms with Crippen molar-refractivity contribution < 1.29 is 0 Å². The van der Waals surface area contributed by atoms with Crippen LogP contribution in [0.2, 0.25) is 0 Å². The minimum atomic E-state index is 0.343. The lowest BCUT2D eigenvalue weighted by Gasteiger charge is -2.27. The molecule has 0 atom stereocenters. The summed E-state index contributed by atoms with van der Waals surface area (Å²) in [5.41, 5.74) is 8.49. The fourth-order valence-electron chi connectivity index (χ4n) is 1.97. The average molecular weight is 242 g/mol. The summed E-state index contributed by atoms with van der Waals surface area (Å²) in [5, 5.41) is 1.05. The topological polar surface area (TPSA) is 54.5 Å². The second-order valence-corrected chi connectivity index (χ2v) is 4.57. The molecule has 4 heteroatoms. The highest BCUT2D eigenvalue weighted by atomic mass is 15.1. The molecule has 0 saturated heterocycles. The Hall–Kier alpha value is -2.10. The van der Waals surface area contributed by atoms with Crippen molar-refractivity contribution in [1.82, 2.24) is 4.98 Å². The van der Waals surface area contributed by atoms with Crippen molar-refractivity contribution >= 4 is 34.8 Å². The van der Waals surface area contributed by atoms with Gasteiger partial charge in [-0.05, 0) is 26.6 Å². The number of nitrogens with two attached hydrogens (primary N) is 1. The molecule has 1 aromatic heterocycles. The van der Waals surface area contributed by atoms with Crippen LogP contribution >= 0.6 is 0 Å². The number of hydrogen-bond acceptors (Lipinski definition) is 4. The van der Waals surface area contributed by atoms with Gasteiger partial charge in [0.1, 0.15) is 5.69 Å². The van der Waals surface area contributed by atoms with Gasteiger partial charge in [-0.15, -0.1) is 0 Å². The first-order chi connectivity index (χ1) is 8.56. The highest BCUT2D eigenvalue weighted by Gasteiger charge is 2.17. The minimum absolute atomic E-state index is 0.343. The van der Waals surface area contributed by atoms with E-state index in [0.717, 1.165) is 16.6 Å². The van der Waals surface area contributed by atoms with E-state index in [1.807, 2.05) is 31.3 Å². The lowest BCUT2D eigenvalue weighted by molar-refractivity contribution is 0.757. The molecule has 0 bridgehead atoms. The Morgan fingerprint density at radius 1 is 1.33 bits per heavy atom. The van der Waals surface area contributed by atoms with Crippen LogP contribution in [-0.2, 0) is 0 Å². The zero-order valence-electron chi connectivity index (χ0n) is 11.0. The summed E-state index contributed by atoms with van der Waals surface area (Å²) in [5.74, 6) is 0.422. The fraction of sp³-hybridized carbons (Fsp3) is 0.286. The Morgan fingerprint density at radius 2 is 2.00 bits per heavy atom. The molecule has 94 valence electrons. The van der Waals surface area contributed by atoms with Crippen LogP contribution in [-0.4, -0.2) is 24.8 Å². The summed E-state index contributed by atoms with van der Waals surface area (Å²) in [4.78, 5) is 10.6. The normalized spacial score (nSPS) is 10.9. The summed E-state index contributed by atoms with van der Waals surface area (Å²) in [6.07, 6.45) is 0. The zero-order chi connectivity index (χ0) is 13.3. The van der Waals surface area contributed by atoms with Gasteiger partial charge in [0.15, 0.2) is 5.82 Å². The van der Waals surface area contributed by atoms with Crippen LogP contribution in [0.5, 0.6) is 0 Å². The van der Waals surface area contributed by atoms with Crippen LogP contribution in [0.4, 0.5) is 17.2 Å². The van der Waals surface area contributed by atoms with Gasteiger partial charge >= 0.3 is 0 Å². The van der Waals surface area contributed by atoms with Gasteiger partial charge in [-0.1, -0.05) is 18.2 Å². The standard InChI is InChI=1S/C14H18N4/c1-9(2)18(4)13-10-7-5-6-8-11(10)17-14(15)12(13)16-3/h5-9H,3H2,1-2,4H3,(H2,15,17). The van der Waals surface area contributed by atoms with Gasteiger partial charge in [0, 0.05) is 18.5 Å². The predicted octanol–water partition coefficient (Wildman–Crippen LogP) is 2.99. The van der Waals surface area contributed by atoms with E-state index in [1.165, 1.54) is 0 Å². The quantitative estimate of drug-likeness (QED) is 0.842. The molecule has 0 spiro atoms. The molecule has 0 radical (unpaired) electrons.